The van der Waals surface area contributed by atoms with Crippen molar-refractivity contribution >= 4 is 26.3 Å². The Morgan fingerprint density at radius 2 is 2.22 bits per heavy atom. The van der Waals surface area contributed by atoms with Crippen LogP contribution >= 0.6 is 22.6 Å². The Balaban J connectivity index is 4.00. The van der Waals surface area contributed by atoms with Crippen LogP contribution < -0.4 is 0 Å². The molecule has 9 heavy (non-hydrogen) atoms. The molecule has 0 bridgehead atoms. The van der Waals surface area contributed by atoms with E-state index in [0.717, 1.165) is 9.42 Å². The number of nitrogens with zero attached hydrogens (tertiary/aromatic N) is 1. The van der Waals surface area contributed by atoms with Gasteiger partial charge in [0.25, 0.3) is 0 Å². The van der Waals surface area contributed by atoms with Crippen LogP contribution in [-0.4, -0.2) is 3.72 Å². The monoisotopic (exact) mass is 235 g/mol. The Morgan fingerprint density at radius 1 is 1.67 bits per heavy atom. The number of rotatable bonds is 2. The highest BCUT2D eigenvalue weighted by atomic mass is 127. The van der Waals surface area contributed by atoms with Crippen LogP contribution in [0, 0.1) is 0 Å². The third-order valence-corrected chi connectivity index (χ3v) is 1.20. The van der Waals surface area contributed by atoms with E-state index < -0.39 is 0 Å². The topological polar surface area (TPSA) is 12.4 Å². The first-order valence-electron chi connectivity index (χ1n) is 2.69. The maximum absolute atomic E-state index is 4.09. The predicted molar refractivity (Wildman–Crippen MR) is 51.1 cm³/mol. The molecule has 0 aromatic carbocycles. The van der Waals surface area contributed by atoms with Crippen LogP contribution in [0.1, 0.15) is 13.8 Å². The quantitative estimate of drug-likeness (QED) is 0.515. The van der Waals surface area contributed by atoms with E-state index >= 15 is 0 Å². The summed E-state index contributed by atoms with van der Waals surface area (Å²) >= 11 is 2.16. The van der Waals surface area contributed by atoms with Crippen molar-refractivity contribution in [2.75, 3.05) is 0 Å². The van der Waals surface area contributed by atoms with E-state index in [2.05, 4.69) is 34.2 Å². The summed E-state index contributed by atoms with van der Waals surface area (Å²) in [5.41, 5.74) is 0.845. The summed E-state index contributed by atoms with van der Waals surface area (Å²) in [6, 6.07) is 0. The van der Waals surface area contributed by atoms with Gasteiger partial charge in [0.1, 0.15) is 3.72 Å². The number of aliphatic imine (C=N–C) groups is 1. The summed E-state index contributed by atoms with van der Waals surface area (Å²) in [7, 11) is 0. The normalized spacial score (nSPS) is 12.6. The second-order valence-electron chi connectivity index (χ2n) is 1.67. The van der Waals surface area contributed by atoms with Crippen molar-refractivity contribution in [2.45, 2.75) is 13.8 Å². The van der Waals surface area contributed by atoms with E-state index in [9.17, 15) is 0 Å². The summed E-state index contributed by atoms with van der Waals surface area (Å²) in [6.45, 7) is 7.49. The first kappa shape index (κ1) is 8.88. The Kier molecular flexibility index (Phi) is 4.67. The van der Waals surface area contributed by atoms with E-state index in [-0.39, 0.29) is 0 Å². The van der Waals surface area contributed by atoms with Gasteiger partial charge in [-0.2, -0.15) is 0 Å². The Morgan fingerprint density at radius 3 is 2.56 bits per heavy atom. The molecule has 0 spiro atoms. The molecule has 0 N–H and O–H groups in total. The van der Waals surface area contributed by atoms with Gasteiger partial charge in [-0.1, -0.05) is 12.7 Å². The lowest BCUT2D eigenvalue weighted by Crippen LogP contribution is -1.76. The summed E-state index contributed by atoms with van der Waals surface area (Å²) < 4.78 is 0.975. The van der Waals surface area contributed by atoms with Gasteiger partial charge in [-0.3, -0.25) is 0 Å². The Labute approximate surface area is 69.7 Å². The molecule has 0 unspecified atom stereocenters. The van der Waals surface area contributed by atoms with Crippen molar-refractivity contribution in [1.82, 2.24) is 0 Å². The maximum Gasteiger partial charge on any atom is 0.101 e. The molecular weight excluding hydrogens is 225 g/mol. The van der Waals surface area contributed by atoms with Crippen molar-refractivity contribution in [1.29, 1.82) is 0 Å². The molecule has 1 nitrogen and oxygen atoms in total. The molecule has 0 aliphatic heterocycles. The molecule has 0 atom stereocenters. The van der Waals surface area contributed by atoms with Gasteiger partial charge in [-0.25, -0.2) is 4.99 Å². The van der Waals surface area contributed by atoms with E-state index in [4.69, 9.17) is 0 Å². The predicted octanol–water partition coefficient (Wildman–Crippen LogP) is 2.93. The molecule has 0 aromatic heterocycles. The molecular formula is C7H10IN. The van der Waals surface area contributed by atoms with Gasteiger partial charge in [0.2, 0.25) is 0 Å². The van der Waals surface area contributed by atoms with Crippen LogP contribution in [0.15, 0.2) is 29.4 Å². The molecule has 0 heterocycles. The van der Waals surface area contributed by atoms with Crippen LogP contribution in [0.25, 0.3) is 0 Å². The van der Waals surface area contributed by atoms with E-state index in [1.807, 2.05) is 26.0 Å². The smallest absolute Gasteiger partial charge is 0.101 e. The van der Waals surface area contributed by atoms with Gasteiger partial charge in [0.15, 0.2) is 0 Å². The lowest BCUT2D eigenvalue weighted by atomic mass is 10.5. The van der Waals surface area contributed by atoms with E-state index in [1.54, 1.807) is 0 Å². The van der Waals surface area contributed by atoms with Crippen molar-refractivity contribution in [3.8, 4) is 0 Å². The second kappa shape index (κ2) is 4.73. The molecule has 0 aromatic rings. The minimum atomic E-state index is 0.845. The molecule has 2 heteroatoms. The Bertz CT molecular complexity index is 156. The van der Waals surface area contributed by atoms with Crippen molar-refractivity contribution in [2.24, 2.45) is 4.99 Å². The standard InChI is InChI=1S/C7H10IN/c1-4-5-7(8)9-6(2)3/h4-5H,2H2,1,3H3/b5-4-,9-7-. The minimum absolute atomic E-state index is 0.845. The lowest BCUT2D eigenvalue weighted by molar-refractivity contribution is 1.34. The zero-order valence-corrected chi connectivity index (χ0v) is 7.84. The van der Waals surface area contributed by atoms with Gasteiger partial charge in [0, 0.05) is 5.70 Å². The van der Waals surface area contributed by atoms with Crippen LogP contribution in [0.5, 0.6) is 0 Å². The molecule has 0 saturated heterocycles. The first-order chi connectivity index (χ1) is 4.16. The summed E-state index contributed by atoms with van der Waals surface area (Å²) in [6.07, 6.45) is 3.89. The van der Waals surface area contributed by atoms with Crippen molar-refractivity contribution < 1.29 is 0 Å². The molecule has 0 aliphatic carbocycles. The fourth-order valence-corrected chi connectivity index (χ4v) is 1.13. The lowest BCUT2D eigenvalue weighted by Gasteiger charge is -1.87. The molecule has 0 rings (SSSR count). The molecule has 0 saturated carbocycles. The minimum Gasteiger partial charge on any atom is -0.248 e. The van der Waals surface area contributed by atoms with Crippen LogP contribution in [0.4, 0.5) is 0 Å². The molecule has 50 valence electrons. The SMILES string of the molecule is C=C(C)/N=C(I)/C=C\C. The zero-order valence-electron chi connectivity index (χ0n) is 5.69. The molecule has 0 radical (unpaired) electrons. The first-order valence-corrected chi connectivity index (χ1v) is 3.77. The third-order valence-electron chi connectivity index (χ3n) is 0.602. The average molecular weight is 235 g/mol. The van der Waals surface area contributed by atoms with Gasteiger partial charge in [-0.15, -0.1) is 0 Å². The number of hydrogen-bond donors (Lipinski definition) is 0. The zero-order chi connectivity index (χ0) is 7.28. The van der Waals surface area contributed by atoms with Crippen molar-refractivity contribution in [3.05, 3.63) is 24.4 Å². The highest BCUT2D eigenvalue weighted by molar-refractivity contribution is 14.1. The molecule has 0 fully saturated rings. The Hall–Kier alpha value is -0.120. The summed E-state index contributed by atoms with van der Waals surface area (Å²) in [4.78, 5) is 4.09. The third kappa shape index (κ3) is 5.76. The fraction of sp³-hybridized carbons (Fsp3) is 0.286. The molecule has 0 amide bonds. The maximum atomic E-state index is 4.09. The van der Waals surface area contributed by atoms with Crippen molar-refractivity contribution in [3.63, 3.8) is 0 Å². The van der Waals surface area contributed by atoms with Gasteiger partial charge in [0.05, 0.1) is 0 Å². The highest BCUT2D eigenvalue weighted by Crippen LogP contribution is 1.98. The summed E-state index contributed by atoms with van der Waals surface area (Å²) in [5.74, 6) is 0. The highest BCUT2D eigenvalue weighted by Gasteiger charge is 1.82. The van der Waals surface area contributed by atoms with Crippen LogP contribution in [0.3, 0.4) is 0 Å². The second-order valence-corrected chi connectivity index (χ2v) is 2.78. The number of halogens is 1. The molecule has 0 aliphatic rings. The largest absolute Gasteiger partial charge is 0.248 e. The van der Waals surface area contributed by atoms with Gasteiger partial charge in [-0.05, 0) is 42.5 Å². The van der Waals surface area contributed by atoms with Gasteiger partial charge >= 0.3 is 0 Å². The van der Waals surface area contributed by atoms with E-state index in [1.165, 1.54) is 0 Å². The van der Waals surface area contributed by atoms with Gasteiger partial charge < -0.3 is 0 Å². The fourth-order valence-electron chi connectivity index (χ4n) is 0.357. The summed E-state index contributed by atoms with van der Waals surface area (Å²) in [5, 5.41) is 0. The number of allylic oxidation sites excluding steroid dienone is 3. The number of hydrogen-bond acceptors (Lipinski definition) is 1. The van der Waals surface area contributed by atoms with Crippen LogP contribution in [-0.2, 0) is 0 Å². The van der Waals surface area contributed by atoms with E-state index in [0.29, 0.717) is 0 Å². The average Bonchev–Trinajstić information content (AvgIpc) is 1.63. The van der Waals surface area contributed by atoms with Crippen LogP contribution in [0.2, 0.25) is 0 Å².